The van der Waals surface area contributed by atoms with Crippen molar-refractivity contribution in [3.05, 3.63) is 42.7 Å². The molecule has 0 aromatic carbocycles. The SMILES string of the molecule is Cc1cscc1CNc1nn(C)c(=O)n(C)c1=O. The van der Waals surface area contributed by atoms with Crippen molar-refractivity contribution in [3.8, 4) is 0 Å². The number of hydrogen-bond acceptors (Lipinski definition) is 5. The topological polar surface area (TPSA) is 68.9 Å². The molecule has 0 amide bonds. The molecule has 2 aromatic heterocycles. The summed E-state index contributed by atoms with van der Waals surface area (Å²) < 4.78 is 2.18. The van der Waals surface area contributed by atoms with E-state index in [0.29, 0.717) is 6.54 Å². The molecule has 0 bridgehead atoms. The van der Waals surface area contributed by atoms with E-state index in [9.17, 15) is 9.59 Å². The zero-order valence-corrected chi connectivity index (χ0v) is 11.2. The normalized spacial score (nSPS) is 10.6. The summed E-state index contributed by atoms with van der Waals surface area (Å²) in [5, 5.41) is 11.0. The molecule has 2 rings (SSSR count). The fraction of sp³-hybridized carbons (Fsp3) is 0.364. The molecule has 0 aliphatic carbocycles. The number of rotatable bonds is 3. The van der Waals surface area contributed by atoms with Gasteiger partial charge in [0.2, 0.25) is 5.82 Å². The van der Waals surface area contributed by atoms with Gasteiger partial charge in [-0.3, -0.25) is 9.36 Å². The average Bonchev–Trinajstić information content (AvgIpc) is 2.75. The summed E-state index contributed by atoms with van der Waals surface area (Å²) in [5.41, 5.74) is 1.45. The first kappa shape index (κ1) is 12.6. The Morgan fingerprint density at radius 2 is 2.06 bits per heavy atom. The van der Waals surface area contributed by atoms with E-state index in [1.54, 1.807) is 11.3 Å². The van der Waals surface area contributed by atoms with Crippen LogP contribution in [0.5, 0.6) is 0 Å². The average molecular weight is 266 g/mol. The third kappa shape index (κ3) is 2.21. The van der Waals surface area contributed by atoms with E-state index in [4.69, 9.17) is 0 Å². The van der Waals surface area contributed by atoms with Crippen LogP contribution in [0.3, 0.4) is 0 Å². The van der Waals surface area contributed by atoms with Gasteiger partial charge in [-0.2, -0.15) is 11.3 Å². The van der Waals surface area contributed by atoms with Gasteiger partial charge < -0.3 is 5.32 Å². The second-order valence-corrected chi connectivity index (χ2v) is 4.80. The highest BCUT2D eigenvalue weighted by molar-refractivity contribution is 7.08. The van der Waals surface area contributed by atoms with Crippen molar-refractivity contribution in [2.24, 2.45) is 14.1 Å². The largest absolute Gasteiger partial charge is 0.360 e. The van der Waals surface area contributed by atoms with Gasteiger partial charge in [-0.05, 0) is 28.8 Å². The lowest BCUT2D eigenvalue weighted by molar-refractivity contribution is 0.604. The van der Waals surface area contributed by atoms with Crippen LogP contribution in [0.15, 0.2) is 20.3 Å². The summed E-state index contributed by atoms with van der Waals surface area (Å²) in [6.07, 6.45) is 0. The van der Waals surface area contributed by atoms with Gasteiger partial charge in [0.15, 0.2) is 0 Å². The minimum absolute atomic E-state index is 0.185. The number of anilines is 1. The third-order valence-electron chi connectivity index (χ3n) is 2.73. The van der Waals surface area contributed by atoms with Gasteiger partial charge in [0.25, 0.3) is 5.56 Å². The van der Waals surface area contributed by atoms with Crippen LogP contribution >= 0.6 is 11.3 Å². The highest BCUT2D eigenvalue weighted by Crippen LogP contribution is 2.14. The van der Waals surface area contributed by atoms with Gasteiger partial charge in [-0.15, -0.1) is 5.10 Å². The summed E-state index contributed by atoms with van der Waals surface area (Å²) in [4.78, 5) is 23.3. The van der Waals surface area contributed by atoms with Crippen LogP contribution in [0.2, 0.25) is 0 Å². The van der Waals surface area contributed by atoms with Gasteiger partial charge in [0.05, 0.1) is 0 Å². The fourth-order valence-electron chi connectivity index (χ4n) is 1.56. The Morgan fingerprint density at radius 1 is 1.33 bits per heavy atom. The maximum atomic E-state index is 11.8. The number of nitrogens with zero attached hydrogens (tertiary/aromatic N) is 3. The van der Waals surface area contributed by atoms with Gasteiger partial charge in [-0.1, -0.05) is 0 Å². The van der Waals surface area contributed by atoms with E-state index < -0.39 is 11.2 Å². The van der Waals surface area contributed by atoms with Crippen LogP contribution in [0.25, 0.3) is 0 Å². The molecule has 6 nitrogen and oxygen atoms in total. The zero-order valence-electron chi connectivity index (χ0n) is 10.4. The lowest BCUT2D eigenvalue weighted by Gasteiger charge is -2.07. The predicted molar refractivity (Wildman–Crippen MR) is 71.1 cm³/mol. The maximum absolute atomic E-state index is 11.8. The summed E-state index contributed by atoms with van der Waals surface area (Å²) in [6.45, 7) is 2.54. The van der Waals surface area contributed by atoms with Crippen molar-refractivity contribution in [1.29, 1.82) is 0 Å². The molecule has 0 saturated carbocycles. The molecule has 18 heavy (non-hydrogen) atoms. The van der Waals surface area contributed by atoms with Crippen LogP contribution in [0.4, 0.5) is 5.82 Å². The van der Waals surface area contributed by atoms with Crippen molar-refractivity contribution in [1.82, 2.24) is 14.3 Å². The first-order chi connectivity index (χ1) is 8.50. The zero-order chi connectivity index (χ0) is 13.3. The molecule has 0 radical (unpaired) electrons. The Morgan fingerprint density at radius 3 is 2.67 bits per heavy atom. The smallest absolute Gasteiger partial charge is 0.346 e. The van der Waals surface area contributed by atoms with E-state index in [2.05, 4.69) is 10.4 Å². The highest BCUT2D eigenvalue weighted by atomic mass is 32.1. The van der Waals surface area contributed by atoms with Gasteiger partial charge in [0.1, 0.15) is 0 Å². The molecule has 1 N–H and O–H groups in total. The molecule has 0 aliphatic rings. The monoisotopic (exact) mass is 266 g/mol. The Bertz CT molecular complexity index is 683. The minimum Gasteiger partial charge on any atom is -0.360 e. The van der Waals surface area contributed by atoms with Crippen molar-refractivity contribution in [2.45, 2.75) is 13.5 Å². The molecule has 2 heterocycles. The molecule has 0 aliphatic heterocycles. The summed E-state index contributed by atoms with van der Waals surface area (Å²) in [7, 11) is 2.95. The summed E-state index contributed by atoms with van der Waals surface area (Å²) in [6, 6.07) is 0. The predicted octanol–water partition coefficient (Wildman–Crippen LogP) is 0.461. The minimum atomic E-state index is -0.433. The fourth-order valence-corrected chi connectivity index (χ4v) is 2.41. The van der Waals surface area contributed by atoms with E-state index in [0.717, 1.165) is 14.8 Å². The molecule has 0 fully saturated rings. The maximum Gasteiger partial charge on any atom is 0.346 e. The Kier molecular flexibility index (Phi) is 3.33. The molecule has 7 heteroatoms. The molecular weight excluding hydrogens is 252 g/mol. The van der Waals surface area contributed by atoms with E-state index >= 15 is 0 Å². The van der Waals surface area contributed by atoms with Crippen molar-refractivity contribution in [2.75, 3.05) is 5.32 Å². The number of thiophene rings is 1. The Balaban J connectivity index is 2.28. The number of aromatic nitrogens is 3. The second-order valence-electron chi connectivity index (χ2n) is 4.05. The molecule has 0 unspecified atom stereocenters. The second kappa shape index (κ2) is 4.77. The molecule has 2 aromatic rings. The van der Waals surface area contributed by atoms with Crippen molar-refractivity contribution < 1.29 is 0 Å². The van der Waals surface area contributed by atoms with Crippen LogP contribution in [0.1, 0.15) is 11.1 Å². The molecule has 0 atom stereocenters. The number of hydrogen-bond donors (Lipinski definition) is 1. The lowest BCUT2D eigenvalue weighted by atomic mass is 10.2. The number of nitrogens with one attached hydrogen (secondary N) is 1. The first-order valence-corrected chi connectivity index (χ1v) is 6.35. The third-order valence-corrected chi connectivity index (χ3v) is 3.64. The van der Waals surface area contributed by atoms with Crippen LogP contribution < -0.4 is 16.6 Å². The van der Waals surface area contributed by atoms with Crippen molar-refractivity contribution in [3.63, 3.8) is 0 Å². The Labute approximate surface area is 108 Å². The summed E-state index contributed by atoms with van der Waals surface area (Å²) in [5.74, 6) is 0.185. The molecule has 96 valence electrons. The first-order valence-electron chi connectivity index (χ1n) is 5.40. The molecular formula is C11H14N4O2S. The van der Waals surface area contributed by atoms with Crippen molar-refractivity contribution >= 4 is 17.2 Å². The highest BCUT2D eigenvalue weighted by Gasteiger charge is 2.08. The van der Waals surface area contributed by atoms with Gasteiger partial charge >= 0.3 is 5.69 Å². The van der Waals surface area contributed by atoms with E-state index in [1.165, 1.54) is 19.7 Å². The lowest BCUT2D eigenvalue weighted by Crippen LogP contribution is -2.39. The summed E-state index contributed by atoms with van der Waals surface area (Å²) >= 11 is 1.62. The Hall–Kier alpha value is -1.89. The van der Waals surface area contributed by atoms with E-state index in [-0.39, 0.29) is 5.82 Å². The van der Waals surface area contributed by atoms with Crippen LogP contribution in [-0.2, 0) is 20.6 Å². The van der Waals surface area contributed by atoms with Crippen LogP contribution in [-0.4, -0.2) is 14.3 Å². The number of aryl methyl sites for hydroxylation is 2. The quantitative estimate of drug-likeness (QED) is 0.876. The standard InChI is InChI=1S/C11H14N4O2S/c1-7-5-18-6-8(7)4-12-9-10(16)14(2)11(17)15(3)13-9/h5-6H,4H2,1-3H3,(H,12,13). The van der Waals surface area contributed by atoms with Crippen LogP contribution in [0, 0.1) is 6.92 Å². The molecule has 0 saturated heterocycles. The van der Waals surface area contributed by atoms with Gasteiger partial charge in [-0.25, -0.2) is 9.48 Å². The van der Waals surface area contributed by atoms with E-state index in [1.807, 2.05) is 17.7 Å². The van der Waals surface area contributed by atoms with Gasteiger partial charge in [0, 0.05) is 20.6 Å². The molecule has 0 spiro atoms.